The van der Waals surface area contributed by atoms with Gasteiger partial charge in [-0.25, -0.2) is 8.78 Å². The van der Waals surface area contributed by atoms with Crippen molar-refractivity contribution < 1.29 is 13.9 Å². The summed E-state index contributed by atoms with van der Waals surface area (Å²) in [6.45, 7) is 0.956. The van der Waals surface area contributed by atoms with Crippen LogP contribution in [0.1, 0.15) is 45.4 Å². The maximum Gasteiger partial charge on any atom is 0.245 e. The van der Waals surface area contributed by atoms with Crippen LogP contribution in [-0.2, 0) is 0 Å². The normalized spacial score (nSPS) is 29.5. The predicted molar refractivity (Wildman–Crippen MR) is 47.8 cm³/mol. The fourth-order valence-corrected chi connectivity index (χ4v) is 2.03. The summed E-state index contributed by atoms with van der Waals surface area (Å²) in [6, 6.07) is 0. The molecule has 0 radical (unpaired) electrons. The number of hydrogen-bond donors (Lipinski definition) is 1. The number of halogens is 2. The zero-order chi connectivity index (χ0) is 9.90. The molecule has 13 heavy (non-hydrogen) atoms. The zero-order valence-corrected chi connectivity index (χ0v) is 8.10. The summed E-state index contributed by atoms with van der Waals surface area (Å²) in [5.74, 6) is -2.26. The molecule has 0 bridgehead atoms. The van der Waals surface area contributed by atoms with Gasteiger partial charge >= 0.3 is 0 Å². The van der Waals surface area contributed by atoms with Gasteiger partial charge in [-0.3, -0.25) is 0 Å². The first-order chi connectivity index (χ1) is 5.99. The topological polar surface area (TPSA) is 20.2 Å². The molecule has 0 aromatic rings. The van der Waals surface area contributed by atoms with Gasteiger partial charge in [0, 0.05) is 6.42 Å². The Hall–Kier alpha value is -0.180. The lowest BCUT2D eigenvalue weighted by atomic mass is 9.97. The van der Waals surface area contributed by atoms with Crippen molar-refractivity contribution in [3.63, 3.8) is 0 Å². The van der Waals surface area contributed by atoms with E-state index in [1.807, 2.05) is 0 Å². The minimum absolute atomic E-state index is 0.0454. The van der Waals surface area contributed by atoms with Crippen molar-refractivity contribution in [1.29, 1.82) is 0 Å². The zero-order valence-electron chi connectivity index (χ0n) is 8.10. The molecule has 1 N–H and O–H groups in total. The largest absolute Gasteiger partial charge is 0.393 e. The van der Waals surface area contributed by atoms with E-state index in [4.69, 9.17) is 0 Å². The third kappa shape index (κ3) is 4.03. The van der Waals surface area contributed by atoms with E-state index in [0.717, 1.165) is 32.6 Å². The van der Waals surface area contributed by atoms with Gasteiger partial charge < -0.3 is 5.11 Å². The standard InChI is InChI=1S/C10H18F2O/c1-10(11,12)7-3-5-8-4-2-6-9(8)13/h8-9,13H,2-7H2,1H3/t8-,9+/m0/s1. The second-order valence-corrected chi connectivity index (χ2v) is 4.22. The Balaban J connectivity index is 2.12. The van der Waals surface area contributed by atoms with E-state index in [1.165, 1.54) is 0 Å². The molecule has 0 aliphatic heterocycles. The molecular formula is C10H18F2O. The van der Waals surface area contributed by atoms with E-state index >= 15 is 0 Å². The van der Waals surface area contributed by atoms with Gasteiger partial charge in [-0.15, -0.1) is 0 Å². The SMILES string of the molecule is CC(F)(F)CCC[C@@H]1CCC[C@H]1O. The summed E-state index contributed by atoms with van der Waals surface area (Å²) in [5.41, 5.74) is 0. The van der Waals surface area contributed by atoms with E-state index in [2.05, 4.69) is 0 Å². The van der Waals surface area contributed by atoms with Crippen molar-refractivity contribution in [2.75, 3.05) is 0 Å². The average Bonchev–Trinajstić information content (AvgIpc) is 2.34. The van der Waals surface area contributed by atoms with Crippen LogP contribution in [0.5, 0.6) is 0 Å². The summed E-state index contributed by atoms with van der Waals surface area (Å²) in [6.07, 6.45) is 3.93. The van der Waals surface area contributed by atoms with Crippen molar-refractivity contribution in [2.24, 2.45) is 5.92 Å². The molecule has 0 aromatic carbocycles. The van der Waals surface area contributed by atoms with E-state index in [0.29, 0.717) is 6.42 Å². The monoisotopic (exact) mass is 192 g/mol. The van der Waals surface area contributed by atoms with Crippen LogP contribution in [-0.4, -0.2) is 17.1 Å². The van der Waals surface area contributed by atoms with Crippen molar-refractivity contribution in [1.82, 2.24) is 0 Å². The molecule has 0 spiro atoms. The van der Waals surface area contributed by atoms with Crippen molar-refractivity contribution >= 4 is 0 Å². The van der Waals surface area contributed by atoms with Crippen LogP contribution in [0.2, 0.25) is 0 Å². The number of hydrogen-bond acceptors (Lipinski definition) is 1. The average molecular weight is 192 g/mol. The molecule has 0 aromatic heterocycles. The van der Waals surface area contributed by atoms with Gasteiger partial charge in [0.25, 0.3) is 0 Å². The van der Waals surface area contributed by atoms with Crippen LogP contribution in [0.25, 0.3) is 0 Å². The second kappa shape index (κ2) is 4.36. The van der Waals surface area contributed by atoms with E-state index < -0.39 is 5.92 Å². The molecule has 0 heterocycles. The minimum atomic E-state index is -2.54. The molecule has 3 heteroatoms. The van der Waals surface area contributed by atoms with Gasteiger partial charge in [0.05, 0.1) is 6.10 Å². The number of aliphatic hydroxyl groups is 1. The summed E-state index contributed by atoms with van der Waals surface area (Å²) in [5, 5.41) is 9.43. The maximum atomic E-state index is 12.4. The molecule has 0 unspecified atom stereocenters. The molecule has 78 valence electrons. The molecule has 1 aliphatic rings. The van der Waals surface area contributed by atoms with Crippen LogP contribution in [0, 0.1) is 5.92 Å². The highest BCUT2D eigenvalue weighted by molar-refractivity contribution is 4.76. The third-order valence-corrected chi connectivity index (χ3v) is 2.81. The molecule has 1 aliphatic carbocycles. The number of alkyl halides is 2. The fraction of sp³-hybridized carbons (Fsp3) is 1.00. The van der Waals surface area contributed by atoms with Crippen LogP contribution in [0.3, 0.4) is 0 Å². The van der Waals surface area contributed by atoms with Gasteiger partial charge in [0.1, 0.15) is 0 Å². The molecule has 0 amide bonds. The Morgan fingerprint density at radius 1 is 1.38 bits per heavy atom. The number of rotatable bonds is 4. The van der Waals surface area contributed by atoms with Crippen molar-refractivity contribution in [3.05, 3.63) is 0 Å². The lowest BCUT2D eigenvalue weighted by Gasteiger charge is -2.15. The molecule has 1 saturated carbocycles. The summed E-state index contributed by atoms with van der Waals surface area (Å²) < 4.78 is 24.9. The number of aliphatic hydroxyl groups excluding tert-OH is 1. The lowest BCUT2D eigenvalue weighted by molar-refractivity contribution is 0.00756. The smallest absolute Gasteiger partial charge is 0.245 e. The highest BCUT2D eigenvalue weighted by Gasteiger charge is 2.26. The molecule has 1 nitrogen and oxygen atoms in total. The Bertz CT molecular complexity index is 153. The second-order valence-electron chi connectivity index (χ2n) is 4.22. The highest BCUT2D eigenvalue weighted by Crippen LogP contribution is 2.31. The van der Waals surface area contributed by atoms with E-state index in [-0.39, 0.29) is 18.4 Å². The Kier molecular flexibility index (Phi) is 3.65. The Morgan fingerprint density at radius 3 is 2.54 bits per heavy atom. The Labute approximate surface area is 78.1 Å². The van der Waals surface area contributed by atoms with Crippen LogP contribution in [0.4, 0.5) is 8.78 Å². The van der Waals surface area contributed by atoms with E-state index in [1.54, 1.807) is 0 Å². The third-order valence-electron chi connectivity index (χ3n) is 2.81. The fourth-order valence-electron chi connectivity index (χ4n) is 2.03. The van der Waals surface area contributed by atoms with Gasteiger partial charge in [-0.05, 0) is 38.5 Å². The molecular weight excluding hydrogens is 174 g/mol. The van der Waals surface area contributed by atoms with Crippen LogP contribution in [0.15, 0.2) is 0 Å². The van der Waals surface area contributed by atoms with Crippen LogP contribution >= 0.6 is 0 Å². The van der Waals surface area contributed by atoms with Gasteiger partial charge in [-0.1, -0.05) is 6.42 Å². The summed E-state index contributed by atoms with van der Waals surface area (Å²) in [4.78, 5) is 0. The first-order valence-corrected chi connectivity index (χ1v) is 5.05. The highest BCUT2D eigenvalue weighted by atomic mass is 19.3. The molecule has 1 rings (SSSR count). The van der Waals surface area contributed by atoms with Crippen molar-refractivity contribution in [2.45, 2.75) is 57.5 Å². The van der Waals surface area contributed by atoms with Gasteiger partial charge in [0.15, 0.2) is 0 Å². The predicted octanol–water partition coefficient (Wildman–Crippen LogP) is 2.97. The quantitative estimate of drug-likeness (QED) is 0.726. The lowest BCUT2D eigenvalue weighted by Crippen LogP contribution is -2.15. The van der Waals surface area contributed by atoms with Crippen LogP contribution < -0.4 is 0 Å². The summed E-state index contributed by atoms with van der Waals surface area (Å²) >= 11 is 0. The Morgan fingerprint density at radius 2 is 2.08 bits per heavy atom. The molecule has 2 atom stereocenters. The maximum absolute atomic E-state index is 12.4. The first-order valence-electron chi connectivity index (χ1n) is 5.05. The van der Waals surface area contributed by atoms with Crippen molar-refractivity contribution in [3.8, 4) is 0 Å². The first kappa shape index (κ1) is 10.9. The van der Waals surface area contributed by atoms with E-state index in [9.17, 15) is 13.9 Å². The molecule has 0 saturated heterocycles. The summed E-state index contributed by atoms with van der Waals surface area (Å²) in [7, 11) is 0. The van der Waals surface area contributed by atoms with Gasteiger partial charge in [0.2, 0.25) is 5.92 Å². The molecule has 1 fully saturated rings. The van der Waals surface area contributed by atoms with Gasteiger partial charge in [-0.2, -0.15) is 0 Å². The minimum Gasteiger partial charge on any atom is -0.393 e.